The second kappa shape index (κ2) is 5.46. The van der Waals surface area contributed by atoms with Gasteiger partial charge in [-0.05, 0) is 39.6 Å². The van der Waals surface area contributed by atoms with Crippen LogP contribution in [0, 0.1) is 31.1 Å². The molecule has 1 aromatic rings. The summed E-state index contributed by atoms with van der Waals surface area (Å²) >= 11 is 0. The molecule has 0 radical (unpaired) electrons. The van der Waals surface area contributed by atoms with Crippen LogP contribution in [0.1, 0.15) is 16.8 Å². The van der Waals surface area contributed by atoms with Crippen molar-refractivity contribution in [3.8, 4) is 6.07 Å². The molecule has 23 heavy (non-hydrogen) atoms. The van der Waals surface area contributed by atoms with Crippen LogP contribution in [0.25, 0.3) is 0 Å². The Morgan fingerprint density at radius 2 is 2.04 bits per heavy atom. The summed E-state index contributed by atoms with van der Waals surface area (Å²) in [7, 11) is 0.832. The van der Waals surface area contributed by atoms with Gasteiger partial charge in [0.05, 0.1) is 22.3 Å². The predicted octanol–water partition coefficient (Wildman–Crippen LogP) is 0.734. The third kappa shape index (κ3) is 2.60. The second-order valence-electron chi connectivity index (χ2n) is 6.84. The molecule has 0 spiro atoms. The summed E-state index contributed by atoms with van der Waals surface area (Å²) in [5.74, 6) is 1.15. The molecule has 7 heteroatoms. The van der Waals surface area contributed by atoms with E-state index in [1.54, 1.807) is 0 Å². The first-order valence-corrected chi connectivity index (χ1v) is 9.47. The molecule has 6 nitrogen and oxygen atoms in total. The van der Waals surface area contributed by atoms with E-state index in [0.29, 0.717) is 24.3 Å². The van der Waals surface area contributed by atoms with Gasteiger partial charge in [0, 0.05) is 25.0 Å². The average molecular weight is 334 g/mol. The number of aromatic nitrogens is 1. The number of nitriles is 1. The normalized spacial score (nSPS) is 28.9. The largest absolute Gasteiger partial charge is 0.355 e. The number of pyridine rings is 1. The van der Waals surface area contributed by atoms with Crippen LogP contribution in [-0.2, 0) is 9.84 Å². The van der Waals surface area contributed by atoms with Gasteiger partial charge in [-0.1, -0.05) is 0 Å². The van der Waals surface area contributed by atoms with Crippen molar-refractivity contribution in [2.45, 2.75) is 25.1 Å². The minimum Gasteiger partial charge on any atom is -0.355 e. The molecule has 2 aliphatic heterocycles. The van der Waals surface area contributed by atoms with Crippen molar-refractivity contribution in [2.75, 3.05) is 37.8 Å². The predicted molar refractivity (Wildman–Crippen MR) is 89.2 cm³/mol. The molecule has 0 amide bonds. The molecular weight excluding hydrogens is 312 g/mol. The molecule has 124 valence electrons. The van der Waals surface area contributed by atoms with Gasteiger partial charge in [-0.25, -0.2) is 13.4 Å². The summed E-state index contributed by atoms with van der Waals surface area (Å²) in [5.41, 5.74) is 2.19. The van der Waals surface area contributed by atoms with Crippen molar-refractivity contribution >= 4 is 15.7 Å². The zero-order chi connectivity index (χ0) is 16.9. The zero-order valence-corrected chi connectivity index (χ0v) is 14.8. The summed E-state index contributed by atoms with van der Waals surface area (Å²) in [6.07, 6.45) is 0. The zero-order valence-electron chi connectivity index (χ0n) is 13.9. The lowest BCUT2D eigenvalue weighted by Crippen LogP contribution is -2.37. The molecule has 0 N–H and O–H groups in total. The maximum Gasteiger partial charge on any atom is 0.156 e. The van der Waals surface area contributed by atoms with Gasteiger partial charge in [-0.3, -0.25) is 0 Å². The molecule has 0 saturated carbocycles. The number of rotatable bonds is 2. The minimum absolute atomic E-state index is 0.0653. The Balaban J connectivity index is 1.93. The Hall–Kier alpha value is -1.65. The first-order valence-electron chi connectivity index (χ1n) is 7.76. The van der Waals surface area contributed by atoms with Crippen molar-refractivity contribution in [1.82, 2.24) is 9.88 Å². The topological polar surface area (TPSA) is 77.3 Å². The number of sulfone groups is 1. The molecule has 0 aliphatic carbocycles. The van der Waals surface area contributed by atoms with Gasteiger partial charge >= 0.3 is 0 Å². The van der Waals surface area contributed by atoms with E-state index in [0.717, 1.165) is 11.4 Å². The SMILES string of the molecule is Cc1cc(N2C[C@H]3[C@@H](N(C)C)CS(=O)(=O)[C@H]3C2)nc(C)c1C#N. The number of nitrogens with zero attached hydrogens (tertiary/aromatic N) is 4. The third-order valence-corrected chi connectivity index (χ3v) is 7.38. The summed E-state index contributed by atoms with van der Waals surface area (Å²) in [5, 5.41) is 8.85. The summed E-state index contributed by atoms with van der Waals surface area (Å²) in [6.45, 7) is 4.91. The number of anilines is 1. The number of hydrogen-bond acceptors (Lipinski definition) is 6. The van der Waals surface area contributed by atoms with Crippen molar-refractivity contribution in [2.24, 2.45) is 5.92 Å². The molecule has 0 bridgehead atoms. The van der Waals surface area contributed by atoms with Crippen LogP contribution < -0.4 is 4.90 Å². The van der Waals surface area contributed by atoms with Gasteiger partial charge < -0.3 is 9.80 Å². The van der Waals surface area contributed by atoms with Crippen LogP contribution in [-0.4, -0.2) is 62.5 Å². The van der Waals surface area contributed by atoms with E-state index in [2.05, 4.69) is 16.0 Å². The quantitative estimate of drug-likeness (QED) is 0.794. The monoisotopic (exact) mass is 334 g/mol. The van der Waals surface area contributed by atoms with Gasteiger partial charge in [0.25, 0.3) is 0 Å². The summed E-state index contributed by atoms with van der Waals surface area (Å²) in [4.78, 5) is 8.61. The van der Waals surface area contributed by atoms with E-state index in [-0.39, 0.29) is 23.0 Å². The van der Waals surface area contributed by atoms with Gasteiger partial charge in [0.15, 0.2) is 9.84 Å². The highest BCUT2D eigenvalue weighted by molar-refractivity contribution is 7.92. The van der Waals surface area contributed by atoms with Crippen molar-refractivity contribution < 1.29 is 8.42 Å². The van der Waals surface area contributed by atoms with Gasteiger partial charge in [0.1, 0.15) is 11.9 Å². The summed E-state index contributed by atoms with van der Waals surface area (Å²) < 4.78 is 24.9. The van der Waals surface area contributed by atoms with E-state index >= 15 is 0 Å². The maximum absolute atomic E-state index is 12.5. The maximum atomic E-state index is 12.5. The van der Waals surface area contributed by atoms with E-state index in [4.69, 9.17) is 5.26 Å². The molecule has 3 heterocycles. The molecule has 2 fully saturated rings. The van der Waals surface area contributed by atoms with Gasteiger partial charge in [-0.2, -0.15) is 5.26 Å². The van der Waals surface area contributed by atoms with E-state index in [9.17, 15) is 8.42 Å². The lowest BCUT2D eigenvalue weighted by Gasteiger charge is -2.25. The van der Waals surface area contributed by atoms with Gasteiger partial charge in [-0.15, -0.1) is 0 Å². The van der Waals surface area contributed by atoms with Crippen molar-refractivity contribution in [3.63, 3.8) is 0 Å². The van der Waals surface area contributed by atoms with Crippen LogP contribution in [0.2, 0.25) is 0 Å². The van der Waals surface area contributed by atoms with Crippen LogP contribution in [0.5, 0.6) is 0 Å². The van der Waals surface area contributed by atoms with Gasteiger partial charge in [0.2, 0.25) is 0 Å². The Labute approximate surface area is 137 Å². The molecule has 0 unspecified atom stereocenters. The average Bonchev–Trinajstić information content (AvgIpc) is 2.98. The molecule has 3 atom stereocenters. The lowest BCUT2D eigenvalue weighted by molar-refractivity contribution is 0.258. The molecule has 2 aliphatic rings. The van der Waals surface area contributed by atoms with Crippen molar-refractivity contribution in [3.05, 3.63) is 22.9 Å². The van der Waals surface area contributed by atoms with E-state index in [1.807, 2.05) is 38.9 Å². The second-order valence-corrected chi connectivity index (χ2v) is 9.10. The Kier molecular flexibility index (Phi) is 3.85. The molecular formula is C16H22N4O2S. The fourth-order valence-electron chi connectivity index (χ4n) is 3.90. The first-order chi connectivity index (χ1) is 10.7. The Bertz CT molecular complexity index is 759. The highest BCUT2D eigenvalue weighted by atomic mass is 32.2. The Morgan fingerprint density at radius 1 is 1.35 bits per heavy atom. The highest BCUT2D eigenvalue weighted by Crippen LogP contribution is 2.37. The number of fused-ring (bicyclic) bond motifs is 1. The molecule has 0 aromatic carbocycles. The molecule has 1 aromatic heterocycles. The van der Waals surface area contributed by atoms with Crippen LogP contribution in [0.3, 0.4) is 0 Å². The first kappa shape index (κ1) is 16.2. The van der Waals surface area contributed by atoms with E-state index in [1.165, 1.54) is 0 Å². The van der Waals surface area contributed by atoms with Crippen molar-refractivity contribution in [1.29, 1.82) is 5.26 Å². The minimum atomic E-state index is -3.06. The third-order valence-electron chi connectivity index (χ3n) is 5.15. The standard InChI is InChI=1S/C16H22N4O2S/c1-10-5-16(18-11(2)12(10)6-17)20-7-13-14(19(3)4)9-23(21,22)15(13)8-20/h5,13-15H,7-9H2,1-4H3/t13-,14-,15-/m0/s1. The van der Waals surface area contributed by atoms with E-state index < -0.39 is 9.84 Å². The fourth-order valence-corrected chi connectivity index (χ4v) is 6.37. The number of hydrogen-bond donors (Lipinski definition) is 0. The summed E-state index contributed by atoms with van der Waals surface area (Å²) in [6, 6.07) is 4.13. The Morgan fingerprint density at radius 3 is 2.61 bits per heavy atom. The molecule has 3 rings (SSSR count). The van der Waals surface area contributed by atoms with Crippen LogP contribution in [0.4, 0.5) is 5.82 Å². The highest BCUT2D eigenvalue weighted by Gasteiger charge is 2.52. The lowest BCUT2D eigenvalue weighted by atomic mass is 10.00. The number of aryl methyl sites for hydroxylation is 2. The van der Waals surface area contributed by atoms with Crippen LogP contribution >= 0.6 is 0 Å². The smallest absolute Gasteiger partial charge is 0.156 e. The van der Waals surface area contributed by atoms with Crippen LogP contribution in [0.15, 0.2) is 6.07 Å². The fraction of sp³-hybridized carbons (Fsp3) is 0.625. The molecule has 2 saturated heterocycles.